The first-order chi connectivity index (χ1) is 5.13. The smallest absolute Gasteiger partial charge is 0.282 e. The molecule has 2 N–H and O–H groups in total. The second-order valence-corrected chi connectivity index (χ2v) is 2.30. The van der Waals surface area contributed by atoms with E-state index in [0.717, 1.165) is 0 Å². The van der Waals surface area contributed by atoms with Gasteiger partial charge in [0.05, 0.1) is 10.7 Å². The number of hydrogen-bond acceptors (Lipinski definition) is 2. The highest BCUT2D eigenvalue weighted by Gasteiger charge is 2.13. The number of pyridine rings is 1. The Labute approximate surface area is 67.0 Å². The van der Waals surface area contributed by atoms with Crippen LogP contribution in [0, 0.1) is 0 Å². The first-order valence-electron chi connectivity index (χ1n) is 2.81. The van der Waals surface area contributed by atoms with Crippen molar-refractivity contribution in [3.8, 4) is 0 Å². The van der Waals surface area contributed by atoms with Gasteiger partial charge in [0.15, 0.2) is 0 Å². The summed E-state index contributed by atoms with van der Waals surface area (Å²) in [7, 11) is 0. The monoisotopic (exact) mass is 178 g/mol. The molecule has 1 rings (SSSR count). The minimum atomic E-state index is -2.67. The lowest BCUT2D eigenvalue weighted by Crippen LogP contribution is -1.98. The maximum absolute atomic E-state index is 12.0. The van der Waals surface area contributed by atoms with E-state index >= 15 is 0 Å². The number of rotatable bonds is 1. The van der Waals surface area contributed by atoms with Crippen molar-refractivity contribution in [2.24, 2.45) is 0 Å². The van der Waals surface area contributed by atoms with Crippen LogP contribution in [-0.4, -0.2) is 4.98 Å². The molecule has 0 bridgehead atoms. The van der Waals surface area contributed by atoms with Gasteiger partial charge >= 0.3 is 0 Å². The molecule has 2 nitrogen and oxygen atoms in total. The summed E-state index contributed by atoms with van der Waals surface area (Å²) in [5, 5.41) is 0.107. The van der Waals surface area contributed by atoms with Gasteiger partial charge in [0.2, 0.25) is 0 Å². The maximum atomic E-state index is 12.0. The molecule has 0 saturated carbocycles. The molecular formula is C6H5ClF2N2. The Bertz CT molecular complexity index is 265. The summed E-state index contributed by atoms with van der Waals surface area (Å²) >= 11 is 5.46. The highest BCUT2D eigenvalue weighted by molar-refractivity contribution is 6.33. The van der Waals surface area contributed by atoms with Crippen molar-refractivity contribution < 1.29 is 8.78 Å². The van der Waals surface area contributed by atoms with E-state index in [4.69, 9.17) is 17.3 Å². The van der Waals surface area contributed by atoms with Crippen LogP contribution in [0.3, 0.4) is 0 Å². The lowest BCUT2D eigenvalue weighted by atomic mass is 10.3. The van der Waals surface area contributed by atoms with Gasteiger partial charge in [-0.15, -0.1) is 0 Å². The van der Waals surface area contributed by atoms with Crippen LogP contribution >= 0.6 is 11.6 Å². The third kappa shape index (κ3) is 1.57. The molecule has 0 saturated heterocycles. The molecule has 1 aromatic rings. The van der Waals surface area contributed by atoms with Crippen LogP contribution in [-0.2, 0) is 0 Å². The zero-order valence-corrected chi connectivity index (χ0v) is 6.15. The Kier molecular flexibility index (Phi) is 2.24. The minimum absolute atomic E-state index is 0.107. The van der Waals surface area contributed by atoms with E-state index < -0.39 is 12.1 Å². The number of halogens is 3. The number of nitrogens with zero attached hydrogens (tertiary/aromatic N) is 1. The lowest BCUT2D eigenvalue weighted by molar-refractivity contribution is 0.147. The van der Waals surface area contributed by atoms with Gasteiger partial charge in [-0.25, -0.2) is 8.78 Å². The van der Waals surface area contributed by atoms with E-state index in [0.29, 0.717) is 0 Å². The van der Waals surface area contributed by atoms with Gasteiger partial charge in [-0.1, -0.05) is 11.6 Å². The van der Waals surface area contributed by atoms with Crippen LogP contribution in [0.2, 0.25) is 5.02 Å². The van der Waals surface area contributed by atoms with Gasteiger partial charge < -0.3 is 5.73 Å². The van der Waals surface area contributed by atoms with E-state index in [1.807, 2.05) is 0 Å². The molecule has 0 aromatic carbocycles. The topological polar surface area (TPSA) is 38.9 Å². The second kappa shape index (κ2) is 3.00. The van der Waals surface area contributed by atoms with Gasteiger partial charge in [-0.3, -0.25) is 4.98 Å². The first kappa shape index (κ1) is 8.20. The molecule has 0 aliphatic rings. The average Bonchev–Trinajstić information content (AvgIpc) is 1.94. The highest BCUT2D eigenvalue weighted by atomic mass is 35.5. The van der Waals surface area contributed by atoms with Crippen molar-refractivity contribution in [3.63, 3.8) is 0 Å². The van der Waals surface area contributed by atoms with E-state index in [2.05, 4.69) is 4.98 Å². The van der Waals surface area contributed by atoms with Crippen LogP contribution in [0.1, 0.15) is 12.1 Å². The van der Waals surface area contributed by atoms with E-state index in [9.17, 15) is 8.78 Å². The third-order valence-electron chi connectivity index (χ3n) is 1.17. The Morgan fingerprint density at radius 1 is 1.55 bits per heavy atom. The van der Waals surface area contributed by atoms with Crippen LogP contribution in [0.5, 0.6) is 0 Å². The molecule has 0 radical (unpaired) electrons. The number of aromatic nitrogens is 1. The number of nitrogens with two attached hydrogens (primary N) is 1. The second-order valence-electron chi connectivity index (χ2n) is 1.89. The molecule has 5 heteroatoms. The number of hydrogen-bond donors (Lipinski definition) is 1. The molecule has 0 fully saturated rings. The Morgan fingerprint density at radius 2 is 2.18 bits per heavy atom. The van der Waals surface area contributed by atoms with Crippen LogP contribution < -0.4 is 5.73 Å². The quantitative estimate of drug-likeness (QED) is 0.717. The van der Waals surface area contributed by atoms with Crippen molar-refractivity contribution in [3.05, 3.63) is 23.0 Å². The first-order valence-corrected chi connectivity index (χ1v) is 3.18. The molecule has 11 heavy (non-hydrogen) atoms. The molecular weight excluding hydrogens is 174 g/mol. The fourth-order valence-electron chi connectivity index (χ4n) is 0.639. The summed E-state index contributed by atoms with van der Waals surface area (Å²) in [6.07, 6.45) is -1.48. The van der Waals surface area contributed by atoms with E-state index in [1.165, 1.54) is 12.3 Å². The molecule has 1 heterocycles. The third-order valence-corrected chi connectivity index (χ3v) is 1.50. The van der Waals surface area contributed by atoms with Gasteiger partial charge in [0, 0.05) is 6.20 Å². The summed E-state index contributed by atoms with van der Waals surface area (Å²) in [6.45, 7) is 0. The molecule has 60 valence electrons. The van der Waals surface area contributed by atoms with Crippen LogP contribution in [0.4, 0.5) is 14.5 Å². The zero-order chi connectivity index (χ0) is 8.43. The lowest BCUT2D eigenvalue weighted by Gasteiger charge is -2.03. The van der Waals surface area contributed by atoms with Crippen molar-refractivity contribution in [1.29, 1.82) is 0 Å². The molecule has 0 aliphatic carbocycles. The highest BCUT2D eigenvalue weighted by Crippen LogP contribution is 2.27. The largest absolute Gasteiger partial charge is 0.396 e. The zero-order valence-electron chi connectivity index (χ0n) is 5.39. The molecule has 0 atom stereocenters. The predicted molar refractivity (Wildman–Crippen MR) is 38.6 cm³/mol. The van der Waals surface area contributed by atoms with Crippen LogP contribution in [0.15, 0.2) is 12.3 Å². The molecule has 1 aromatic heterocycles. The fourth-order valence-corrected chi connectivity index (χ4v) is 0.792. The van der Waals surface area contributed by atoms with Crippen molar-refractivity contribution in [2.75, 3.05) is 5.73 Å². The molecule has 0 amide bonds. The summed E-state index contributed by atoms with van der Waals surface area (Å²) in [5.74, 6) is 0. The van der Waals surface area contributed by atoms with Gasteiger partial charge in [-0.05, 0) is 6.07 Å². The Morgan fingerprint density at radius 3 is 2.64 bits per heavy atom. The molecule has 0 unspecified atom stereocenters. The SMILES string of the molecule is Nc1c(Cl)ccnc1C(F)F. The van der Waals surface area contributed by atoms with Gasteiger partial charge in [0.1, 0.15) is 5.69 Å². The Hall–Kier alpha value is -0.900. The summed E-state index contributed by atoms with van der Waals surface area (Å²) in [6, 6.07) is 1.36. The average molecular weight is 179 g/mol. The van der Waals surface area contributed by atoms with Gasteiger partial charge in [-0.2, -0.15) is 0 Å². The predicted octanol–water partition coefficient (Wildman–Crippen LogP) is 2.25. The van der Waals surface area contributed by atoms with E-state index in [1.54, 1.807) is 0 Å². The molecule has 0 aliphatic heterocycles. The van der Waals surface area contributed by atoms with Crippen molar-refractivity contribution >= 4 is 17.3 Å². The minimum Gasteiger partial charge on any atom is -0.396 e. The standard InChI is InChI=1S/C6H5ClF2N2/c7-3-1-2-11-5(4(3)10)6(8)9/h1-2,6H,10H2. The summed E-state index contributed by atoms with van der Waals surface area (Å²) in [4.78, 5) is 3.38. The van der Waals surface area contributed by atoms with Crippen molar-refractivity contribution in [2.45, 2.75) is 6.43 Å². The van der Waals surface area contributed by atoms with Crippen LogP contribution in [0.25, 0.3) is 0 Å². The number of alkyl halides is 2. The normalized spacial score (nSPS) is 10.5. The van der Waals surface area contributed by atoms with Crippen molar-refractivity contribution in [1.82, 2.24) is 4.98 Å². The fraction of sp³-hybridized carbons (Fsp3) is 0.167. The van der Waals surface area contributed by atoms with E-state index in [-0.39, 0.29) is 10.7 Å². The number of nitrogen functional groups attached to an aromatic ring is 1. The Balaban J connectivity index is 3.17. The maximum Gasteiger partial charge on any atom is 0.282 e. The number of anilines is 1. The summed E-state index contributed by atoms with van der Waals surface area (Å²) in [5.41, 5.74) is 4.60. The molecule has 0 spiro atoms. The summed E-state index contributed by atoms with van der Waals surface area (Å²) < 4.78 is 24.0. The van der Waals surface area contributed by atoms with Gasteiger partial charge in [0.25, 0.3) is 6.43 Å².